The Labute approximate surface area is 110 Å². The molecule has 1 atom stereocenters. The Morgan fingerprint density at radius 2 is 2.00 bits per heavy atom. The van der Waals surface area contributed by atoms with Crippen LogP contribution in [-0.2, 0) is 0 Å². The number of halogens is 3. The summed E-state index contributed by atoms with van der Waals surface area (Å²) < 4.78 is 0. The van der Waals surface area contributed by atoms with Crippen LogP contribution < -0.4 is 5.32 Å². The van der Waals surface area contributed by atoms with Gasteiger partial charge in [-0.25, -0.2) is 4.98 Å². The van der Waals surface area contributed by atoms with E-state index in [1.54, 1.807) is 6.07 Å². The molecule has 1 aromatic heterocycles. The zero-order valence-electron chi connectivity index (χ0n) is 9.15. The topological polar surface area (TPSA) is 24.9 Å². The molecule has 0 spiro atoms. The standard InChI is InChI=1S/C11H13Cl3N2/c1-11(2)4-6(11)5-15-10-8(13)3-7(12)9(14)16-10/h3,6H,4-5H2,1-2H3,(H,15,16). The van der Waals surface area contributed by atoms with Crippen molar-refractivity contribution in [2.24, 2.45) is 11.3 Å². The molecule has 1 heterocycles. The Hall–Kier alpha value is -0.180. The van der Waals surface area contributed by atoms with Gasteiger partial charge in [0.1, 0.15) is 11.0 Å². The molecule has 1 saturated carbocycles. The van der Waals surface area contributed by atoms with Crippen LogP contribution >= 0.6 is 34.8 Å². The fourth-order valence-electron chi connectivity index (χ4n) is 1.71. The summed E-state index contributed by atoms with van der Waals surface area (Å²) in [6, 6.07) is 1.61. The second kappa shape index (κ2) is 4.25. The van der Waals surface area contributed by atoms with Gasteiger partial charge in [-0.3, -0.25) is 0 Å². The fraction of sp³-hybridized carbons (Fsp3) is 0.545. The highest BCUT2D eigenvalue weighted by Crippen LogP contribution is 2.51. The largest absolute Gasteiger partial charge is 0.368 e. The highest BCUT2D eigenvalue weighted by Gasteiger charge is 2.45. The smallest absolute Gasteiger partial charge is 0.150 e. The van der Waals surface area contributed by atoms with Crippen molar-refractivity contribution in [3.05, 3.63) is 21.3 Å². The molecule has 0 saturated heterocycles. The van der Waals surface area contributed by atoms with E-state index >= 15 is 0 Å². The molecule has 1 N–H and O–H groups in total. The Balaban J connectivity index is 2.02. The lowest BCUT2D eigenvalue weighted by Crippen LogP contribution is -2.08. The second-order valence-electron chi connectivity index (χ2n) is 4.86. The first-order chi connectivity index (χ1) is 7.40. The van der Waals surface area contributed by atoms with E-state index in [1.807, 2.05) is 0 Å². The van der Waals surface area contributed by atoms with Gasteiger partial charge in [0, 0.05) is 6.54 Å². The van der Waals surface area contributed by atoms with Crippen LogP contribution in [0.25, 0.3) is 0 Å². The van der Waals surface area contributed by atoms with Gasteiger partial charge in [0.05, 0.1) is 10.0 Å². The highest BCUT2D eigenvalue weighted by atomic mass is 35.5. The maximum absolute atomic E-state index is 6.01. The molecule has 0 aromatic carbocycles. The second-order valence-corrected chi connectivity index (χ2v) is 6.03. The third-order valence-electron chi connectivity index (χ3n) is 3.12. The van der Waals surface area contributed by atoms with Gasteiger partial charge < -0.3 is 5.32 Å². The number of hydrogen-bond acceptors (Lipinski definition) is 2. The molecule has 0 bridgehead atoms. The minimum Gasteiger partial charge on any atom is -0.368 e. The third-order valence-corrected chi connectivity index (χ3v) is 4.08. The highest BCUT2D eigenvalue weighted by molar-refractivity contribution is 6.42. The van der Waals surface area contributed by atoms with Crippen LogP contribution in [0.5, 0.6) is 0 Å². The molecule has 0 amide bonds. The van der Waals surface area contributed by atoms with Crippen LogP contribution in [0, 0.1) is 11.3 Å². The summed E-state index contributed by atoms with van der Waals surface area (Å²) in [7, 11) is 0. The minimum atomic E-state index is 0.281. The zero-order chi connectivity index (χ0) is 11.9. The molecule has 1 aliphatic carbocycles. The van der Waals surface area contributed by atoms with Crippen LogP contribution in [0.15, 0.2) is 6.07 Å². The molecular weight excluding hydrogens is 266 g/mol. The minimum absolute atomic E-state index is 0.281. The van der Waals surface area contributed by atoms with E-state index in [0.717, 1.165) is 6.54 Å². The zero-order valence-corrected chi connectivity index (χ0v) is 11.4. The van der Waals surface area contributed by atoms with E-state index < -0.39 is 0 Å². The van der Waals surface area contributed by atoms with Crippen LogP contribution in [0.2, 0.25) is 15.2 Å². The monoisotopic (exact) mass is 278 g/mol. The number of pyridine rings is 1. The van der Waals surface area contributed by atoms with Crippen molar-refractivity contribution < 1.29 is 0 Å². The summed E-state index contributed by atoms with van der Waals surface area (Å²) in [5.74, 6) is 1.29. The van der Waals surface area contributed by atoms with Gasteiger partial charge >= 0.3 is 0 Å². The van der Waals surface area contributed by atoms with E-state index in [2.05, 4.69) is 24.1 Å². The van der Waals surface area contributed by atoms with Crippen molar-refractivity contribution in [3.8, 4) is 0 Å². The van der Waals surface area contributed by atoms with Crippen molar-refractivity contribution in [1.82, 2.24) is 4.98 Å². The summed E-state index contributed by atoms with van der Waals surface area (Å²) >= 11 is 17.6. The normalized spacial score (nSPS) is 21.9. The van der Waals surface area contributed by atoms with Gasteiger partial charge in [0.25, 0.3) is 0 Å². The van der Waals surface area contributed by atoms with Crippen molar-refractivity contribution >= 4 is 40.6 Å². The molecular formula is C11H13Cl3N2. The van der Waals surface area contributed by atoms with Crippen LogP contribution in [0.3, 0.4) is 0 Å². The quantitative estimate of drug-likeness (QED) is 0.824. The lowest BCUT2D eigenvalue weighted by atomic mass is 10.1. The molecule has 0 aliphatic heterocycles. The molecule has 2 rings (SSSR count). The summed E-state index contributed by atoms with van der Waals surface area (Å²) in [4.78, 5) is 4.11. The first kappa shape index (κ1) is 12.3. The summed E-state index contributed by atoms with van der Waals surface area (Å²) in [5, 5.41) is 4.38. The molecule has 2 nitrogen and oxygen atoms in total. The first-order valence-corrected chi connectivity index (χ1v) is 6.29. The van der Waals surface area contributed by atoms with Crippen molar-refractivity contribution in [1.29, 1.82) is 0 Å². The molecule has 88 valence electrons. The van der Waals surface area contributed by atoms with Crippen LogP contribution in [-0.4, -0.2) is 11.5 Å². The van der Waals surface area contributed by atoms with E-state index in [1.165, 1.54) is 6.42 Å². The number of rotatable bonds is 3. The third kappa shape index (κ3) is 2.55. The van der Waals surface area contributed by atoms with Gasteiger partial charge in [-0.2, -0.15) is 0 Å². The van der Waals surface area contributed by atoms with Crippen molar-refractivity contribution in [2.75, 3.05) is 11.9 Å². The Morgan fingerprint density at radius 1 is 1.38 bits per heavy atom. The van der Waals surface area contributed by atoms with E-state index in [9.17, 15) is 0 Å². The molecule has 1 fully saturated rings. The molecule has 1 unspecified atom stereocenters. The predicted molar refractivity (Wildman–Crippen MR) is 69.6 cm³/mol. The van der Waals surface area contributed by atoms with Gasteiger partial charge in [0.2, 0.25) is 0 Å². The van der Waals surface area contributed by atoms with E-state index in [4.69, 9.17) is 34.8 Å². The Kier molecular flexibility index (Phi) is 3.26. The SMILES string of the molecule is CC1(C)CC1CNc1nc(Cl)c(Cl)cc1Cl. The Morgan fingerprint density at radius 3 is 2.56 bits per heavy atom. The van der Waals surface area contributed by atoms with Crippen LogP contribution in [0.4, 0.5) is 5.82 Å². The van der Waals surface area contributed by atoms with Gasteiger partial charge in [0.15, 0.2) is 0 Å². The fourth-order valence-corrected chi connectivity index (χ4v) is 2.28. The summed E-state index contributed by atoms with van der Waals surface area (Å²) in [6.45, 7) is 5.38. The summed E-state index contributed by atoms with van der Waals surface area (Å²) in [6.07, 6.45) is 1.24. The summed E-state index contributed by atoms with van der Waals surface area (Å²) in [5.41, 5.74) is 0.440. The predicted octanol–water partition coefficient (Wildman–Crippen LogP) is 4.50. The lowest BCUT2D eigenvalue weighted by molar-refractivity contribution is 0.573. The number of aromatic nitrogens is 1. The maximum Gasteiger partial charge on any atom is 0.150 e. The van der Waals surface area contributed by atoms with Crippen molar-refractivity contribution in [2.45, 2.75) is 20.3 Å². The van der Waals surface area contributed by atoms with Crippen LogP contribution in [0.1, 0.15) is 20.3 Å². The molecule has 0 radical (unpaired) electrons. The van der Waals surface area contributed by atoms with E-state index in [0.29, 0.717) is 27.2 Å². The average molecular weight is 280 g/mol. The Bertz CT molecular complexity index is 418. The molecule has 5 heteroatoms. The number of anilines is 1. The number of nitrogens with zero attached hydrogens (tertiary/aromatic N) is 1. The van der Waals surface area contributed by atoms with E-state index in [-0.39, 0.29) is 5.15 Å². The molecule has 1 aromatic rings. The lowest BCUT2D eigenvalue weighted by Gasteiger charge is -2.09. The maximum atomic E-state index is 6.01. The van der Waals surface area contributed by atoms with Gasteiger partial charge in [-0.1, -0.05) is 48.7 Å². The average Bonchev–Trinajstić information content (AvgIpc) is 2.78. The number of hydrogen-bond donors (Lipinski definition) is 1. The van der Waals surface area contributed by atoms with Gasteiger partial charge in [-0.15, -0.1) is 0 Å². The van der Waals surface area contributed by atoms with Crippen molar-refractivity contribution in [3.63, 3.8) is 0 Å². The number of nitrogens with one attached hydrogen (secondary N) is 1. The van der Waals surface area contributed by atoms with Gasteiger partial charge in [-0.05, 0) is 23.8 Å². The first-order valence-electron chi connectivity index (χ1n) is 5.15. The molecule has 16 heavy (non-hydrogen) atoms. The molecule has 1 aliphatic rings.